The van der Waals surface area contributed by atoms with Crippen LogP contribution in [0.3, 0.4) is 0 Å². The number of carbonyl (C=O) groups is 1. The molecule has 0 N–H and O–H groups in total. The lowest BCUT2D eigenvalue weighted by Crippen LogP contribution is -2.48. The first-order valence-corrected chi connectivity index (χ1v) is 14.1. The highest BCUT2D eigenvalue weighted by atomic mass is 35.5. The zero-order chi connectivity index (χ0) is 31.7. The summed E-state index contributed by atoms with van der Waals surface area (Å²) in [5, 5.41) is 12.4. The van der Waals surface area contributed by atoms with Crippen LogP contribution in [0.4, 0.5) is 42.8 Å². The number of nitrogens with zero attached hydrogens (tertiary/aromatic N) is 6. The molecular weight excluding hydrogens is 602 g/mol. The monoisotopic (exact) mass is 632 g/mol. The molecule has 2 heterocycles. The van der Waals surface area contributed by atoms with Crippen molar-refractivity contribution >= 4 is 29.3 Å². The Hall–Kier alpha value is -3.55. The maximum Gasteiger partial charge on any atom is 0.416 e. The van der Waals surface area contributed by atoms with Crippen molar-refractivity contribution in [3.8, 4) is 0 Å². The summed E-state index contributed by atoms with van der Waals surface area (Å²) >= 11 is 5.82. The maximum atomic E-state index is 13.7. The van der Waals surface area contributed by atoms with E-state index in [1.54, 1.807) is 24.8 Å². The molecule has 1 aliphatic rings. The van der Waals surface area contributed by atoms with Gasteiger partial charge in [0, 0.05) is 18.5 Å². The number of alkyl halides is 7. The van der Waals surface area contributed by atoms with Gasteiger partial charge in [-0.15, -0.1) is 16.7 Å². The van der Waals surface area contributed by atoms with Crippen molar-refractivity contribution in [3.05, 3.63) is 64.2 Å². The number of hydrogen-bond acceptors (Lipinski definition) is 6. The summed E-state index contributed by atoms with van der Waals surface area (Å²) < 4.78 is 87.8. The number of fused-ring (bicyclic) bond motifs is 1. The third kappa shape index (κ3) is 7.34. The van der Waals surface area contributed by atoms with Gasteiger partial charge >= 0.3 is 18.4 Å². The fraction of sp³-hybridized carbons (Fsp3) is 0.500. The Bertz CT molecular complexity index is 1410. The van der Waals surface area contributed by atoms with Crippen LogP contribution >= 0.6 is 11.6 Å². The van der Waals surface area contributed by atoms with Crippen molar-refractivity contribution in [2.24, 2.45) is 0 Å². The fourth-order valence-corrected chi connectivity index (χ4v) is 5.30. The molecular formula is C28H31ClF6N6O2. The second-order valence-electron chi connectivity index (χ2n) is 10.6. The van der Waals surface area contributed by atoms with Crippen molar-refractivity contribution in [2.75, 3.05) is 15.7 Å². The summed E-state index contributed by atoms with van der Waals surface area (Å²) in [4.78, 5) is 17.5. The summed E-state index contributed by atoms with van der Waals surface area (Å²) in [6.45, 7) is 6.93. The minimum atomic E-state index is -5.01. The highest BCUT2D eigenvalue weighted by Crippen LogP contribution is 2.44. The molecule has 234 valence electrons. The number of hydrogen-bond donors (Lipinski definition) is 0. The predicted molar refractivity (Wildman–Crippen MR) is 148 cm³/mol. The van der Waals surface area contributed by atoms with E-state index < -0.39 is 54.3 Å². The Morgan fingerprint density at radius 2 is 1.74 bits per heavy atom. The molecule has 2 atom stereocenters. The van der Waals surface area contributed by atoms with Gasteiger partial charge in [0.15, 0.2) is 0 Å². The van der Waals surface area contributed by atoms with E-state index in [0.717, 1.165) is 5.56 Å². The number of benzene rings is 2. The SMILES string of the molecule is CC[C@@H]1C[C@H](N(Cc2cc(C(F)(F)F)cc(C(F)(F)F)c2)c2nnn(CCCl)n2)c2cc(C)ccc2N1C(=O)OC(C)C. The average molecular weight is 633 g/mol. The normalized spacial score (nSPS) is 17.3. The predicted octanol–water partition coefficient (Wildman–Crippen LogP) is 7.54. The molecule has 1 amide bonds. The molecule has 2 aromatic carbocycles. The van der Waals surface area contributed by atoms with Crippen molar-refractivity contribution in [2.45, 2.75) is 84.2 Å². The van der Waals surface area contributed by atoms with Gasteiger partial charge in [-0.3, -0.25) is 4.90 Å². The lowest BCUT2D eigenvalue weighted by atomic mass is 9.87. The number of carbonyl (C=O) groups excluding carboxylic acids is 1. The summed E-state index contributed by atoms with van der Waals surface area (Å²) in [6, 6.07) is 5.79. The first-order valence-electron chi connectivity index (χ1n) is 13.6. The Morgan fingerprint density at radius 1 is 1.09 bits per heavy atom. The third-order valence-corrected chi connectivity index (χ3v) is 7.20. The van der Waals surface area contributed by atoms with Gasteiger partial charge in [-0.25, -0.2) is 4.79 Å². The van der Waals surface area contributed by atoms with Crippen LogP contribution < -0.4 is 9.80 Å². The molecule has 0 radical (unpaired) electrons. The number of ether oxygens (including phenoxy) is 1. The smallest absolute Gasteiger partial charge is 0.416 e. The van der Waals surface area contributed by atoms with Gasteiger partial charge in [0.25, 0.3) is 5.95 Å². The Kier molecular flexibility index (Phi) is 9.48. The molecule has 0 saturated carbocycles. The van der Waals surface area contributed by atoms with Crippen molar-refractivity contribution in [1.29, 1.82) is 0 Å². The molecule has 0 fully saturated rings. The first kappa shape index (κ1) is 32.4. The van der Waals surface area contributed by atoms with Gasteiger partial charge in [-0.05, 0) is 74.2 Å². The van der Waals surface area contributed by atoms with Gasteiger partial charge in [0.05, 0.1) is 35.5 Å². The standard InChI is InChI=1S/C28H31ClF6N6O2/c1-5-21-14-24(22-10-17(4)6-7-23(22)41(21)26(42)43-16(2)3)39(25-36-38-40(37-25)9-8-29)15-18-11-19(27(30,31)32)13-20(12-18)28(33,34)35/h6-7,10-13,16,21,24H,5,8-9,14-15H2,1-4H3/t21-,24+/m1/s1. The van der Waals surface area contributed by atoms with Gasteiger partial charge in [0.2, 0.25) is 0 Å². The van der Waals surface area contributed by atoms with E-state index in [1.807, 2.05) is 26.0 Å². The fourth-order valence-electron chi connectivity index (χ4n) is 5.14. The molecule has 4 rings (SSSR count). The van der Waals surface area contributed by atoms with E-state index >= 15 is 0 Å². The van der Waals surface area contributed by atoms with E-state index in [4.69, 9.17) is 16.3 Å². The molecule has 0 saturated heterocycles. The van der Waals surface area contributed by atoms with Crippen LogP contribution in [0.2, 0.25) is 0 Å². The van der Waals surface area contributed by atoms with Gasteiger partial charge in [-0.2, -0.15) is 31.1 Å². The Labute approximate surface area is 249 Å². The van der Waals surface area contributed by atoms with Crippen LogP contribution in [0, 0.1) is 6.92 Å². The van der Waals surface area contributed by atoms with Crippen molar-refractivity contribution < 1.29 is 35.9 Å². The van der Waals surface area contributed by atoms with Crippen LogP contribution in [-0.2, 0) is 30.2 Å². The van der Waals surface area contributed by atoms with Crippen LogP contribution in [0.25, 0.3) is 0 Å². The minimum absolute atomic E-state index is 0.0124. The Balaban J connectivity index is 1.89. The maximum absolute atomic E-state index is 13.7. The topological polar surface area (TPSA) is 76.4 Å². The molecule has 0 unspecified atom stereocenters. The number of rotatable bonds is 8. The zero-order valence-electron chi connectivity index (χ0n) is 23.9. The lowest BCUT2D eigenvalue weighted by molar-refractivity contribution is -0.143. The van der Waals surface area contributed by atoms with Crippen molar-refractivity contribution in [3.63, 3.8) is 0 Å². The molecule has 1 aromatic heterocycles. The minimum Gasteiger partial charge on any atom is -0.446 e. The highest BCUT2D eigenvalue weighted by Gasteiger charge is 2.41. The first-order chi connectivity index (χ1) is 20.1. The van der Waals surface area contributed by atoms with E-state index in [-0.39, 0.29) is 36.4 Å². The lowest BCUT2D eigenvalue weighted by Gasteiger charge is -2.44. The molecule has 0 spiro atoms. The summed E-state index contributed by atoms with van der Waals surface area (Å²) in [5.74, 6) is 0.135. The second-order valence-corrected chi connectivity index (χ2v) is 11.0. The van der Waals surface area contributed by atoms with Crippen LogP contribution in [-0.4, -0.2) is 44.3 Å². The number of aryl methyl sites for hydroxylation is 2. The van der Waals surface area contributed by atoms with Crippen LogP contribution in [0.15, 0.2) is 36.4 Å². The number of tetrazole rings is 1. The molecule has 0 aliphatic carbocycles. The number of anilines is 2. The third-order valence-electron chi connectivity index (χ3n) is 7.03. The molecule has 15 heteroatoms. The van der Waals surface area contributed by atoms with Gasteiger partial charge in [-0.1, -0.05) is 29.7 Å². The molecule has 43 heavy (non-hydrogen) atoms. The molecule has 0 bridgehead atoms. The largest absolute Gasteiger partial charge is 0.446 e. The van der Waals surface area contributed by atoms with Gasteiger partial charge in [0.1, 0.15) is 0 Å². The average Bonchev–Trinajstić information content (AvgIpc) is 3.38. The van der Waals surface area contributed by atoms with Gasteiger partial charge < -0.3 is 9.64 Å². The van der Waals surface area contributed by atoms with Crippen molar-refractivity contribution in [1.82, 2.24) is 20.2 Å². The van der Waals surface area contributed by atoms with E-state index in [1.165, 1.54) is 9.70 Å². The van der Waals surface area contributed by atoms with E-state index in [0.29, 0.717) is 29.8 Å². The highest BCUT2D eigenvalue weighted by molar-refractivity contribution is 6.17. The number of amides is 1. The molecule has 3 aromatic rings. The van der Waals surface area contributed by atoms with E-state index in [9.17, 15) is 31.1 Å². The quantitative estimate of drug-likeness (QED) is 0.189. The number of aromatic nitrogens is 4. The molecule has 1 aliphatic heterocycles. The molecule has 8 nitrogen and oxygen atoms in total. The van der Waals surface area contributed by atoms with E-state index in [2.05, 4.69) is 15.4 Å². The number of halogens is 7. The zero-order valence-corrected chi connectivity index (χ0v) is 24.6. The summed E-state index contributed by atoms with van der Waals surface area (Å²) in [7, 11) is 0. The van der Waals surface area contributed by atoms with Crippen LogP contribution in [0.5, 0.6) is 0 Å². The van der Waals surface area contributed by atoms with Crippen LogP contribution in [0.1, 0.15) is 67.5 Å². The Morgan fingerprint density at radius 3 is 2.30 bits per heavy atom. The summed E-state index contributed by atoms with van der Waals surface area (Å²) in [5.41, 5.74) is -1.15. The second kappa shape index (κ2) is 12.6. The summed E-state index contributed by atoms with van der Waals surface area (Å²) in [6.07, 6.45) is -10.2.